The number of hydrogen-bond donors (Lipinski definition) is 1. The van der Waals surface area contributed by atoms with Crippen LogP contribution < -0.4 is 10.2 Å². The van der Waals surface area contributed by atoms with Gasteiger partial charge in [-0.2, -0.15) is 0 Å². The maximum absolute atomic E-state index is 13.3. The zero-order chi connectivity index (χ0) is 19.7. The second kappa shape index (κ2) is 8.03. The van der Waals surface area contributed by atoms with E-state index < -0.39 is 0 Å². The monoisotopic (exact) mass is 418 g/mol. The minimum absolute atomic E-state index is 0.106. The van der Waals surface area contributed by atoms with Gasteiger partial charge in [-0.25, -0.2) is 9.37 Å². The summed E-state index contributed by atoms with van der Waals surface area (Å²) in [5.74, 6) is -0.412. The SMILES string of the molecule is CC(C(=O)Nc1nc2ccc(F)cc2s1)N1CCN(c2ccccc2Cl)CC1. The van der Waals surface area contributed by atoms with E-state index >= 15 is 0 Å². The van der Waals surface area contributed by atoms with Crippen molar-refractivity contribution in [3.05, 3.63) is 53.3 Å². The molecule has 4 rings (SSSR count). The van der Waals surface area contributed by atoms with Crippen molar-refractivity contribution in [1.82, 2.24) is 9.88 Å². The Morgan fingerprint density at radius 3 is 2.71 bits per heavy atom. The Balaban J connectivity index is 1.37. The van der Waals surface area contributed by atoms with Crippen molar-refractivity contribution < 1.29 is 9.18 Å². The van der Waals surface area contributed by atoms with Crippen LogP contribution in [0.25, 0.3) is 10.2 Å². The minimum atomic E-state index is -0.307. The third-order valence-electron chi connectivity index (χ3n) is 5.02. The first-order valence-electron chi connectivity index (χ1n) is 9.12. The van der Waals surface area contributed by atoms with E-state index in [1.165, 1.54) is 23.5 Å². The Kier molecular flexibility index (Phi) is 5.48. The second-order valence-corrected chi connectivity index (χ2v) is 8.21. The number of rotatable bonds is 4. The standard InChI is InChI=1S/C20H20ClFN4OS/c1-13(19(27)24-20-23-16-7-6-14(22)12-18(16)28-20)25-8-10-26(11-9-25)17-5-3-2-4-15(17)21/h2-7,12-13H,8-11H2,1H3,(H,23,24,27). The van der Waals surface area contributed by atoms with Crippen LogP contribution in [0, 0.1) is 5.82 Å². The summed E-state index contributed by atoms with van der Waals surface area (Å²) in [7, 11) is 0. The number of fused-ring (bicyclic) bond motifs is 1. The maximum atomic E-state index is 13.3. The first-order chi connectivity index (χ1) is 13.5. The van der Waals surface area contributed by atoms with Crippen molar-refractivity contribution in [2.75, 3.05) is 36.4 Å². The van der Waals surface area contributed by atoms with Crippen LogP contribution in [-0.4, -0.2) is 48.0 Å². The smallest absolute Gasteiger partial charge is 0.243 e. The Labute approximate surface area is 171 Å². The Bertz CT molecular complexity index is 1000. The number of nitrogens with zero attached hydrogens (tertiary/aromatic N) is 3. The molecule has 3 aromatic rings. The fraction of sp³-hybridized carbons (Fsp3) is 0.300. The summed E-state index contributed by atoms with van der Waals surface area (Å²) in [6.07, 6.45) is 0. The fourth-order valence-corrected chi connectivity index (χ4v) is 4.53. The normalized spacial score (nSPS) is 16.3. The molecule has 28 heavy (non-hydrogen) atoms. The number of benzene rings is 2. The van der Waals surface area contributed by atoms with Crippen LogP contribution in [0.15, 0.2) is 42.5 Å². The average Bonchev–Trinajstić information content (AvgIpc) is 3.09. The van der Waals surface area contributed by atoms with E-state index in [0.717, 1.165) is 41.6 Å². The highest BCUT2D eigenvalue weighted by atomic mass is 35.5. The molecule has 0 bridgehead atoms. The van der Waals surface area contributed by atoms with Crippen molar-refractivity contribution in [3.8, 4) is 0 Å². The molecule has 146 valence electrons. The molecule has 1 amide bonds. The van der Waals surface area contributed by atoms with Gasteiger partial charge < -0.3 is 10.2 Å². The molecule has 1 fully saturated rings. The fourth-order valence-electron chi connectivity index (χ4n) is 3.39. The number of halogens is 2. The first-order valence-corrected chi connectivity index (χ1v) is 10.3. The lowest BCUT2D eigenvalue weighted by molar-refractivity contribution is -0.120. The quantitative estimate of drug-likeness (QED) is 0.688. The largest absolute Gasteiger partial charge is 0.368 e. The van der Waals surface area contributed by atoms with Crippen LogP contribution in [-0.2, 0) is 4.79 Å². The first kappa shape index (κ1) is 19.1. The number of piperazine rings is 1. The third-order valence-corrected chi connectivity index (χ3v) is 6.27. The highest BCUT2D eigenvalue weighted by Gasteiger charge is 2.26. The molecule has 1 aromatic heterocycles. The van der Waals surface area contributed by atoms with Gasteiger partial charge in [-0.1, -0.05) is 35.1 Å². The zero-order valence-corrected chi connectivity index (χ0v) is 16.9. The molecular formula is C20H20ClFN4OS. The number of carbonyl (C=O) groups is 1. The zero-order valence-electron chi connectivity index (χ0n) is 15.4. The molecule has 0 spiro atoms. The van der Waals surface area contributed by atoms with E-state index in [-0.39, 0.29) is 17.8 Å². The van der Waals surface area contributed by atoms with Gasteiger partial charge in [0.15, 0.2) is 5.13 Å². The number of hydrogen-bond acceptors (Lipinski definition) is 5. The molecule has 1 aliphatic heterocycles. The predicted octanol–water partition coefficient (Wildman–Crippen LogP) is 4.24. The molecule has 0 aliphatic carbocycles. The van der Waals surface area contributed by atoms with Gasteiger partial charge in [0.1, 0.15) is 5.82 Å². The highest BCUT2D eigenvalue weighted by molar-refractivity contribution is 7.22. The van der Waals surface area contributed by atoms with Gasteiger partial charge in [0, 0.05) is 26.2 Å². The van der Waals surface area contributed by atoms with Gasteiger partial charge in [0.2, 0.25) is 5.91 Å². The van der Waals surface area contributed by atoms with Crippen LogP contribution in [0.5, 0.6) is 0 Å². The number of amides is 1. The molecule has 2 heterocycles. The molecule has 0 saturated carbocycles. The lowest BCUT2D eigenvalue weighted by Crippen LogP contribution is -2.52. The van der Waals surface area contributed by atoms with Gasteiger partial charge in [0.05, 0.1) is 27.0 Å². The van der Waals surface area contributed by atoms with E-state index in [1.807, 2.05) is 31.2 Å². The summed E-state index contributed by atoms with van der Waals surface area (Å²) >= 11 is 7.57. The molecule has 1 unspecified atom stereocenters. The molecule has 1 aliphatic rings. The van der Waals surface area contributed by atoms with Crippen LogP contribution in [0.1, 0.15) is 6.92 Å². The van der Waals surface area contributed by atoms with Gasteiger partial charge in [-0.15, -0.1) is 0 Å². The van der Waals surface area contributed by atoms with Crippen LogP contribution in [0.2, 0.25) is 5.02 Å². The molecule has 1 atom stereocenters. The second-order valence-electron chi connectivity index (χ2n) is 6.77. The summed E-state index contributed by atoms with van der Waals surface area (Å²) in [5.41, 5.74) is 1.71. The summed E-state index contributed by atoms with van der Waals surface area (Å²) in [4.78, 5) is 21.4. The van der Waals surface area contributed by atoms with Gasteiger partial charge >= 0.3 is 0 Å². The lowest BCUT2D eigenvalue weighted by Gasteiger charge is -2.38. The number of aromatic nitrogens is 1. The Morgan fingerprint density at radius 1 is 1.21 bits per heavy atom. The number of anilines is 2. The van der Waals surface area contributed by atoms with Crippen LogP contribution in [0.4, 0.5) is 15.2 Å². The molecule has 1 saturated heterocycles. The lowest BCUT2D eigenvalue weighted by atomic mass is 10.2. The Hall–Kier alpha value is -2.22. The molecule has 5 nitrogen and oxygen atoms in total. The van der Waals surface area contributed by atoms with Crippen LogP contribution >= 0.6 is 22.9 Å². The number of para-hydroxylation sites is 1. The van der Waals surface area contributed by atoms with E-state index in [4.69, 9.17) is 11.6 Å². The van der Waals surface area contributed by atoms with Crippen molar-refractivity contribution in [2.24, 2.45) is 0 Å². The number of carbonyl (C=O) groups excluding carboxylic acids is 1. The Morgan fingerprint density at radius 2 is 1.96 bits per heavy atom. The van der Waals surface area contributed by atoms with Crippen LogP contribution in [0.3, 0.4) is 0 Å². The van der Waals surface area contributed by atoms with E-state index in [9.17, 15) is 9.18 Å². The summed E-state index contributed by atoms with van der Waals surface area (Å²) < 4.78 is 14.1. The number of thiazole rings is 1. The molecule has 0 radical (unpaired) electrons. The van der Waals surface area contributed by atoms with Crippen molar-refractivity contribution >= 4 is 49.9 Å². The van der Waals surface area contributed by atoms with Crippen molar-refractivity contribution in [1.29, 1.82) is 0 Å². The summed E-state index contributed by atoms with van der Waals surface area (Å²) in [5, 5.41) is 4.11. The van der Waals surface area contributed by atoms with E-state index in [1.54, 1.807) is 6.07 Å². The molecule has 2 aromatic carbocycles. The topological polar surface area (TPSA) is 48.5 Å². The predicted molar refractivity (Wildman–Crippen MR) is 113 cm³/mol. The third kappa shape index (κ3) is 3.97. The average molecular weight is 419 g/mol. The summed E-state index contributed by atoms with van der Waals surface area (Å²) in [6, 6.07) is 12.0. The highest BCUT2D eigenvalue weighted by Crippen LogP contribution is 2.28. The summed E-state index contributed by atoms with van der Waals surface area (Å²) in [6.45, 7) is 5.05. The van der Waals surface area contributed by atoms with E-state index in [0.29, 0.717) is 10.6 Å². The number of nitrogens with one attached hydrogen (secondary N) is 1. The van der Waals surface area contributed by atoms with Gasteiger partial charge in [-0.05, 0) is 37.3 Å². The van der Waals surface area contributed by atoms with Crippen molar-refractivity contribution in [2.45, 2.75) is 13.0 Å². The van der Waals surface area contributed by atoms with E-state index in [2.05, 4.69) is 20.1 Å². The molecular weight excluding hydrogens is 399 g/mol. The molecule has 1 N–H and O–H groups in total. The maximum Gasteiger partial charge on any atom is 0.243 e. The van der Waals surface area contributed by atoms with Crippen molar-refractivity contribution in [3.63, 3.8) is 0 Å². The van der Waals surface area contributed by atoms with Gasteiger partial charge in [0.25, 0.3) is 0 Å². The molecule has 8 heteroatoms. The van der Waals surface area contributed by atoms with Gasteiger partial charge in [-0.3, -0.25) is 9.69 Å². The minimum Gasteiger partial charge on any atom is -0.368 e.